The number of nitrogens with zero attached hydrogens (tertiary/aromatic N) is 3. The molecule has 2 rings (SSSR count). The molecule has 1 fully saturated rings. The number of unbranched alkanes of at least 4 members (excludes halogenated alkanes) is 1. The van der Waals surface area contributed by atoms with Crippen LogP contribution in [0.25, 0.3) is 0 Å². The lowest BCUT2D eigenvalue weighted by Gasteiger charge is -2.36. The van der Waals surface area contributed by atoms with E-state index in [1.807, 2.05) is 19.1 Å². The third-order valence-corrected chi connectivity index (χ3v) is 4.94. The Morgan fingerprint density at radius 2 is 1.76 bits per heavy atom. The van der Waals surface area contributed by atoms with E-state index < -0.39 is 0 Å². The minimum Gasteiger partial charge on any atom is -0.382 e. The first kappa shape index (κ1) is 25.9. The van der Waals surface area contributed by atoms with Crippen LogP contribution in [-0.2, 0) is 4.74 Å². The molecule has 1 aromatic rings. The fourth-order valence-corrected chi connectivity index (χ4v) is 3.33. The van der Waals surface area contributed by atoms with Gasteiger partial charge in [0.15, 0.2) is 5.96 Å². The van der Waals surface area contributed by atoms with Gasteiger partial charge in [0.05, 0.1) is 5.69 Å². The predicted octanol–water partition coefficient (Wildman–Crippen LogP) is 2.94. The minimum atomic E-state index is -0.128. The number of hydrogen-bond donors (Lipinski definition) is 2. The highest BCUT2D eigenvalue weighted by atomic mass is 127. The second kappa shape index (κ2) is 15.7. The molecule has 0 radical (unpaired) electrons. The van der Waals surface area contributed by atoms with Gasteiger partial charge in [0.1, 0.15) is 5.82 Å². The van der Waals surface area contributed by atoms with Gasteiger partial charge in [0.25, 0.3) is 0 Å². The van der Waals surface area contributed by atoms with Gasteiger partial charge in [0.2, 0.25) is 0 Å². The van der Waals surface area contributed by atoms with Gasteiger partial charge in [0, 0.05) is 59.5 Å². The monoisotopic (exact) mass is 521 g/mol. The van der Waals surface area contributed by atoms with E-state index in [0.717, 1.165) is 89.9 Å². The number of rotatable bonds is 11. The Morgan fingerprint density at radius 1 is 1.07 bits per heavy atom. The second-order valence-corrected chi connectivity index (χ2v) is 6.96. The van der Waals surface area contributed by atoms with Crippen LogP contribution in [-0.4, -0.2) is 76.9 Å². The average molecular weight is 521 g/mol. The van der Waals surface area contributed by atoms with Gasteiger partial charge in [-0.3, -0.25) is 9.89 Å². The Bertz CT molecular complexity index is 582. The molecule has 8 heteroatoms. The van der Waals surface area contributed by atoms with Crippen LogP contribution in [0, 0.1) is 5.82 Å². The summed E-state index contributed by atoms with van der Waals surface area (Å²) in [6.07, 6.45) is 3.20. The summed E-state index contributed by atoms with van der Waals surface area (Å²) in [5.41, 5.74) is 0.722. The number of ether oxygens (including phenoxy) is 1. The third-order valence-electron chi connectivity index (χ3n) is 4.94. The maximum Gasteiger partial charge on any atom is 0.190 e. The van der Waals surface area contributed by atoms with E-state index >= 15 is 0 Å². The highest BCUT2D eigenvalue weighted by Gasteiger charge is 2.18. The molecule has 1 aliphatic rings. The van der Waals surface area contributed by atoms with Gasteiger partial charge in [-0.1, -0.05) is 12.1 Å². The summed E-state index contributed by atoms with van der Waals surface area (Å²) in [7, 11) is 1.80. The van der Waals surface area contributed by atoms with Crippen LogP contribution in [0.2, 0.25) is 0 Å². The molecule has 1 aromatic carbocycles. The van der Waals surface area contributed by atoms with Gasteiger partial charge in [-0.25, -0.2) is 4.39 Å². The largest absolute Gasteiger partial charge is 0.382 e. The van der Waals surface area contributed by atoms with Crippen molar-refractivity contribution in [3.8, 4) is 0 Å². The van der Waals surface area contributed by atoms with E-state index in [9.17, 15) is 4.39 Å². The van der Waals surface area contributed by atoms with Crippen molar-refractivity contribution < 1.29 is 9.13 Å². The average Bonchev–Trinajstić information content (AvgIpc) is 2.73. The molecule has 0 atom stereocenters. The zero-order valence-corrected chi connectivity index (χ0v) is 20.2. The molecule has 6 nitrogen and oxygen atoms in total. The van der Waals surface area contributed by atoms with Crippen molar-refractivity contribution >= 4 is 35.6 Å². The van der Waals surface area contributed by atoms with Gasteiger partial charge in [-0.2, -0.15) is 0 Å². The lowest BCUT2D eigenvalue weighted by molar-refractivity contribution is 0.143. The fourth-order valence-electron chi connectivity index (χ4n) is 3.33. The maximum atomic E-state index is 13.9. The van der Waals surface area contributed by atoms with Crippen LogP contribution in [0.3, 0.4) is 0 Å². The summed E-state index contributed by atoms with van der Waals surface area (Å²) < 4.78 is 19.2. The predicted molar refractivity (Wildman–Crippen MR) is 130 cm³/mol. The Kier molecular flexibility index (Phi) is 14.0. The molecule has 1 heterocycles. The van der Waals surface area contributed by atoms with Crippen molar-refractivity contribution in [3.63, 3.8) is 0 Å². The molecule has 0 aromatic heterocycles. The standard InChI is InChI=1S/C21H36FN5O.HI/c1-3-28-18-7-6-11-24-21(23-2)25-12-8-13-26-14-16-27(17-15-26)20-10-5-4-9-19(20)22;/h4-5,9-10H,3,6-8,11-18H2,1-2H3,(H2,23,24,25);1H. The zero-order chi connectivity index (χ0) is 20.0. The van der Waals surface area contributed by atoms with Gasteiger partial charge in [-0.05, 0) is 44.9 Å². The molecular weight excluding hydrogens is 484 g/mol. The summed E-state index contributed by atoms with van der Waals surface area (Å²) >= 11 is 0. The Balaban J connectivity index is 0.00000420. The Labute approximate surface area is 192 Å². The van der Waals surface area contributed by atoms with Crippen molar-refractivity contribution in [2.75, 3.05) is 71.0 Å². The summed E-state index contributed by atoms with van der Waals surface area (Å²) in [4.78, 5) is 8.85. The van der Waals surface area contributed by atoms with Crippen LogP contribution in [0.15, 0.2) is 29.3 Å². The molecule has 166 valence electrons. The molecule has 0 unspecified atom stereocenters. The molecule has 0 saturated carbocycles. The molecule has 0 spiro atoms. The van der Waals surface area contributed by atoms with Crippen LogP contribution < -0.4 is 15.5 Å². The van der Waals surface area contributed by atoms with E-state index in [4.69, 9.17) is 4.74 Å². The quantitative estimate of drug-likeness (QED) is 0.203. The SMILES string of the molecule is CCOCCCCNC(=NC)NCCCN1CCN(c2ccccc2F)CC1.I. The maximum absolute atomic E-state index is 13.9. The van der Waals surface area contributed by atoms with Gasteiger partial charge in [-0.15, -0.1) is 24.0 Å². The molecule has 1 saturated heterocycles. The van der Waals surface area contributed by atoms with Crippen LogP contribution in [0.4, 0.5) is 10.1 Å². The molecule has 29 heavy (non-hydrogen) atoms. The number of benzene rings is 1. The van der Waals surface area contributed by atoms with Crippen molar-refractivity contribution in [2.45, 2.75) is 26.2 Å². The minimum absolute atomic E-state index is 0. The number of aliphatic imine (C=N–C) groups is 1. The summed E-state index contributed by atoms with van der Waals surface area (Å²) in [6, 6.07) is 7.04. The number of anilines is 1. The number of piperazine rings is 1. The van der Waals surface area contributed by atoms with Crippen molar-refractivity contribution in [1.29, 1.82) is 0 Å². The molecule has 0 bridgehead atoms. The van der Waals surface area contributed by atoms with Gasteiger partial charge < -0.3 is 20.3 Å². The van der Waals surface area contributed by atoms with Crippen molar-refractivity contribution in [1.82, 2.24) is 15.5 Å². The van der Waals surface area contributed by atoms with E-state index in [1.165, 1.54) is 6.07 Å². The summed E-state index contributed by atoms with van der Waals surface area (Å²) in [5.74, 6) is 0.734. The van der Waals surface area contributed by atoms with E-state index in [0.29, 0.717) is 0 Å². The Morgan fingerprint density at radius 3 is 2.41 bits per heavy atom. The number of para-hydroxylation sites is 1. The molecule has 0 aliphatic carbocycles. The second-order valence-electron chi connectivity index (χ2n) is 6.96. The highest BCUT2D eigenvalue weighted by molar-refractivity contribution is 14.0. The smallest absolute Gasteiger partial charge is 0.190 e. The molecule has 1 aliphatic heterocycles. The first-order valence-corrected chi connectivity index (χ1v) is 10.5. The molecular formula is C21H37FIN5O. The summed E-state index contributed by atoms with van der Waals surface area (Å²) in [5, 5.41) is 6.72. The highest BCUT2D eigenvalue weighted by Crippen LogP contribution is 2.20. The van der Waals surface area contributed by atoms with Crippen LogP contribution >= 0.6 is 24.0 Å². The Hall–Kier alpha value is -1.13. The van der Waals surface area contributed by atoms with Crippen LogP contribution in [0.5, 0.6) is 0 Å². The van der Waals surface area contributed by atoms with Crippen LogP contribution in [0.1, 0.15) is 26.2 Å². The van der Waals surface area contributed by atoms with Crippen molar-refractivity contribution in [2.24, 2.45) is 4.99 Å². The topological polar surface area (TPSA) is 52.1 Å². The van der Waals surface area contributed by atoms with Crippen molar-refractivity contribution in [3.05, 3.63) is 30.1 Å². The number of halogens is 2. The number of hydrogen-bond acceptors (Lipinski definition) is 4. The lowest BCUT2D eigenvalue weighted by atomic mass is 10.2. The van der Waals surface area contributed by atoms with E-state index in [2.05, 4.69) is 25.4 Å². The normalized spacial score (nSPS) is 15.1. The lowest BCUT2D eigenvalue weighted by Crippen LogP contribution is -2.47. The fraction of sp³-hybridized carbons (Fsp3) is 0.667. The molecule has 0 amide bonds. The van der Waals surface area contributed by atoms with Gasteiger partial charge >= 0.3 is 0 Å². The zero-order valence-electron chi connectivity index (χ0n) is 17.8. The number of nitrogens with one attached hydrogen (secondary N) is 2. The third kappa shape index (κ3) is 9.95. The van der Waals surface area contributed by atoms with E-state index in [1.54, 1.807) is 13.1 Å². The molecule has 2 N–H and O–H groups in total. The first-order chi connectivity index (χ1) is 13.7. The van der Waals surface area contributed by atoms with E-state index in [-0.39, 0.29) is 29.8 Å². The number of guanidine groups is 1. The summed E-state index contributed by atoms with van der Waals surface area (Å²) in [6.45, 7) is 10.2. The first-order valence-electron chi connectivity index (χ1n) is 10.5.